The molecule has 8 heteroatoms. The fraction of sp³-hybridized carbons (Fsp3) is 0.400. The molecule has 146 valence electrons. The maximum atomic E-state index is 13.4. The number of nitrogens with zero attached hydrogens (tertiary/aromatic N) is 4. The number of aromatic nitrogens is 2. The Morgan fingerprint density at radius 2 is 1.96 bits per heavy atom. The topological polar surface area (TPSA) is 57.9 Å². The number of rotatable bonds is 2. The van der Waals surface area contributed by atoms with Crippen molar-refractivity contribution < 1.29 is 4.79 Å². The summed E-state index contributed by atoms with van der Waals surface area (Å²) >= 11 is 6.45. The Morgan fingerprint density at radius 1 is 1.25 bits per heavy atom. The molecule has 0 spiro atoms. The number of hydrogen-bond acceptors (Lipinski definition) is 6. The Bertz CT molecular complexity index is 1070. The maximum absolute atomic E-state index is 13.4. The van der Waals surface area contributed by atoms with Crippen LogP contribution in [-0.4, -0.2) is 44.6 Å². The molecular formula is C20H22N4O2S2. The molecule has 0 radical (unpaired) electrons. The minimum atomic E-state index is -0.179. The maximum Gasteiger partial charge on any atom is 0.267 e. The van der Waals surface area contributed by atoms with Crippen molar-refractivity contribution in [3.05, 3.63) is 44.7 Å². The Morgan fingerprint density at radius 3 is 2.61 bits per heavy atom. The van der Waals surface area contributed by atoms with E-state index in [4.69, 9.17) is 17.2 Å². The van der Waals surface area contributed by atoms with Crippen LogP contribution in [0.2, 0.25) is 0 Å². The van der Waals surface area contributed by atoms with Gasteiger partial charge in [-0.05, 0) is 43.4 Å². The van der Waals surface area contributed by atoms with Crippen molar-refractivity contribution in [2.24, 2.45) is 5.92 Å². The fourth-order valence-electron chi connectivity index (χ4n) is 3.51. The highest BCUT2D eigenvalue weighted by atomic mass is 32.2. The second-order valence-corrected chi connectivity index (χ2v) is 9.17. The number of fused-ring (bicyclic) bond motifs is 1. The van der Waals surface area contributed by atoms with Crippen molar-refractivity contribution in [2.45, 2.75) is 26.7 Å². The van der Waals surface area contributed by atoms with Gasteiger partial charge < -0.3 is 4.90 Å². The van der Waals surface area contributed by atoms with E-state index in [1.54, 1.807) is 23.7 Å². The van der Waals surface area contributed by atoms with E-state index in [0.29, 0.717) is 32.2 Å². The zero-order valence-electron chi connectivity index (χ0n) is 16.1. The number of hydrogen-bond donors (Lipinski definition) is 0. The molecule has 6 nitrogen and oxygen atoms in total. The summed E-state index contributed by atoms with van der Waals surface area (Å²) < 4.78 is 2.05. The first-order valence-corrected chi connectivity index (χ1v) is 10.6. The lowest BCUT2D eigenvalue weighted by Crippen LogP contribution is -2.36. The average Bonchev–Trinajstić information content (AvgIpc) is 2.92. The summed E-state index contributed by atoms with van der Waals surface area (Å²) in [5.41, 5.74) is 1.88. The largest absolute Gasteiger partial charge is 0.356 e. The molecule has 2 fully saturated rings. The Kier molecular flexibility index (Phi) is 5.01. The van der Waals surface area contributed by atoms with Gasteiger partial charge in [-0.2, -0.15) is 0 Å². The van der Waals surface area contributed by atoms with Crippen molar-refractivity contribution in [3.63, 3.8) is 0 Å². The van der Waals surface area contributed by atoms with Crippen LogP contribution in [0.25, 0.3) is 11.7 Å². The molecule has 0 bridgehead atoms. The number of carbonyl (C=O) groups is 1. The fourth-order valence-corrected chi connectivity index (χ4v) is 4.67. The molecule has 0 saturated carbocycles. The summed E-state index contributed by atoms with van der Waals surface area (Å²) in [4.78, 5) is 34.7. The predicted molar refractivity (Wildman–Crippen MR) is 118 cm³/mol. The highest BCUT2D eigenvalue weighted by Crippen LogP contribution is 2.33. The highest BCUT2D eigenvalue weighted by molar-refractivity contribution is 8.26. The third kappa shape index (κ3) is 3.35. The van der Waals surface area contributed by atoms with Gasteiger partial charge in [0.25, 0.3) is 11.5 Å². The number of carbonyl (C=O) groups excluding carboxylic acids is 1. The van der Waals surface area contributed by atoms with Gasteiger partial charge in [-0.3, -0.25) is 18.9 Å². The van der Waals surface area contributed by atoms with Gasteiger partial charge in [0.05, 0.1) is 10.5 Å². The van der Waals surface area contributed by atoms with E-state index in [-0.39, 0.29) is 11.5 Å². The van der Waals surface area contributed by atoms with E-state index in [2.05, 4.69) is 11.8 Å². The van der Waals surface area contributed by atoms with Gasteiger partial charge in [-0.1, -0.05) is 37.0 Å². The molecule has 2 aromatic rings. The lowest BCUT2D eigenvalue weighted by molar-refractivity contribution is -0.121. The second-order valence-electron chi connectivity index (χ2n) is 7.50. The molecule has 2 aliphatic heterocycles. The van der Waals surface area contributed by atoms with Gasteiger partial charge in [-0.15, -0.1) is 0 Å². The summed E-state index contributed by atoms with van der Waals surface area (Å²) in [6.45, 7) is 5.89. The lowest BCUT2D eigenvalue weighted by Gasteiger charge is -2.32. The van der Waals surface area contributed by atoms with Crippen molar-refractivity contribution in [1.29, 1.82) is 0 Å². The predicted octanol–water partition coefficient (Wildman–Crippen LogP) is 3.07. The Hall–Kier alpha value is -2.19. The van der Waals surface area contributed by atoms with E-state index in [1.165, 1.54) is 16.7 Å². The third-order valence-electron chi connectivity index (χ3n) is 5.33. The van der Waals surface area contributed by atoms with E-state index < -0.39 is 0 Å². The minimum Gasteiger partial charge on any atom is -0.356 e. The van der Waals surface area contributed by atoms with Crippen LogP contribution in [0.15, 0.2) is 28.0 Å². The molecule has 2 aliphatic rings. The van der Waals surface area contributed by atoms with E-state index >= 15 is 0 Å². The van der Waals surface area contributed by atoms with E-state index in [0.717, 1.165) is 31.5 Å². The summed E-state index contributed by atoms with van der Waals surface area (Å²) in [5, 5.41) is 0. The van der Waals surface area contributed by atoms with Crippen LogP contribution >= 0.6 is 24.0 Å². The second kappa shape index (κ2) is 7.33. The summed E-state index contributed by atoms with van der Waals surface area (Å²) in [5.74, 6) is 1.14. The number of anilines is 1. The van der Waals surface area contributed by atoms with Crippen molar-refractivity contribution >= 4 is 51.7 Å². The molecule has 0 unspecified atom stereocenters. The lowest BCUT2D eigenvalue weighted by atomic mass is 9.99. The third-order valence-corrected chi connectivity index (χ3v) is 6.82. The number of aryl methyl sites for hydroxylation is 1. The van der Waals surface area contributed by atoms with Crippen molar-refractivity contribution in [2.75, 3.05) is 25.0 Å². The van der Waals surface area contributed by atoms with Crippen LogP contribution in [-0.2, 0) is 4.79 Å². The molecule has 2 saturated heterocycles. The smallest absolute Gasteiger partial charge is 0.267 e. The summed E-state index contributed by atoms with van der Waals surface area (Å²) in [6.07, 6.45) is 5.58. The standard InChI is InChI=1S/C20H22N4O2S2/c1-12-6-8-23(9-7-12)17-14(10-15-19(26)22(3)20(27)28-15)18(25)24-11-13(2)4-5-16(24)21-17/h4-5,10-12H,6-9H2,1-3H3. The molecule has 0 aliphatic carbocycles. The molecule has 4 heterocycles. The van der Waals surface area contributed by atoms with Crippen LogP contribution in [0.4, 0.5) is 5.82 Å². The number of thioether (sulfide) groups is 1. The first-order chi connectivity index (χ1) is 13.3. The molecule has 0 N–H and O–H groups in total. The summed E-state index contributed by atoms with van der Waals surface area (Å²) in [6, 6.07) is 3.81. The van der Waals surface area contributed by atoms with Crippen molar-refractivity contribution in [1.82, 2.24) is 14.3 Å². The van der Waals surface area contributed by atoms with Crippen molar-refractivity contribution in [3.8, 4) is 0 Å². The van der Waals surface area contributed by atoms with Crippen LogP contribution in [0.3, 0.4) is 0 Å². The first-order valence-electron chi connectivity index (χ1n) is 9.34. The van der Waals surface area contributed by atoms with Crippen LogP contribution in [0.5, 0.6) is 0 Å². The van der Waals surface area contributed by atoms with Gasteiger partial charge in [-0.25, -0.2) is 4.98 Å². The SMILES string of the molecule is Cc1ccc2nc(N3CCC(C)CC3)c(C=C3SC(=S)N(C)C3=O)c(=O)n2c1. The first kappa shape index (κ1) is 19.1. The van der Waals surface area contributed by atoms with Gasteiger partial charge in [0, 0.05) is 26.3 Å². The zero-order valence-corrected chi connectivity index (χ0v) is 17.8. The van der Waals surface area contributed by atoms with Gasteiger partial charge in [0.15, 0.2) is 0 Å². The Balaban J connectivity index is 1.90. The number of thiocarbonyl (C=S) groups is 1. The number of likely N-dealkylation sites (N-methyl/N-ethyl adjacent to an activating group) is 1. The van der Waals surface area contributed by atoms with Crippen LogP contribution in [0, 0.1) is 12.8 Å². The monoisotopic (exact) mass is 414 g/mol. The van der Waals surface area contributed by atoms with Crippen LogP contribution < -0.4 is 10.5 Å². The molecule has 1 amide bonds. The Labute approximate surface area is 173 Å². The number of pyridine rings is 1. The molecule has 4 rings (SSSR count). The van der Waals surface area contributed by atoms with Gasteiger partial charge in [0.1, 0.15) is 15.8 Å². The minimum absolute atomic E-state index is 0.163. The molecule has 28 heavy (non-hydrogen) atoms. The molecule has 2 aromatic heterocycles. The molecular weight excluding hydrogens is 392 g/mol. The van der Waals surface area contributed by atoms with E-state index in [9.17, 15) is 9.59 Å². The number of piperidine rings is 1. The molecule has 0 atom stereocenters. The summed E-state index contributed by atoms with van der Waals surface area (Å²) in [7, 11) is 1.65. The van der Waals surface area contributed by atoms with Gasteiger partial charge >= 0.3 is 0 Å². The molecule has 0 aromatic carbocycles. The van der Waals surface area contributed by atoms with E-state index in [1.807, 2.05) is 19.1 Å². The average molecular weight is 415 g/mol. The van der Waals surface area contributed by atoms with Gasteiger partial charge in [0.2, 0.25) is 0 Å². The highest BCUT2D eigenvalue weighted by Gasteiger charge is 2.30. The zero-order chi connectivity index (χ0) is 20.0. The normalized spacial score (nSPS) is 20.0. The quantitative estimate of drug-likeness (QED) is 0.556. The number of amides is 1. The van der Waals surface area contributed by atoms with Crippen LogP contribution in [0.1, 0.15) is 30.9 Å².